The molecule has 368 valence electrons. The Bertz CT molecular complexity index is 1410. The first-order valence-corrected chi connectivity index (χ1v) is 25.3. The molecule has 64 heavy (non-hydrogen) atoms. The van der Waals surface area contributed by atoms with E-state index in [0.29, 0.717) is 25.7 Å². The lowest BCUT2D eigenvalue weighted by Gasteiger charge is -2.41. The number of aliphatic hydroxyl groups is 6. The van der Waals surface area contributed by atoms with Gasteiger partial charge in [-0.15, -0.1) is 0 Å². The molecule has 1 aliphatic carbocycles. The standard InChI is InChI=1S/C49H83O14P/c1-3-5-7-9-11-13-14-15-16-17-18-19-20-22-24-28-32-36-42(51)60-38-41(39-61-64(58,59)63-49-47(56)45(54)44(53)46(55)48(49)57)62-43(52)37-33-29-25-27-31-35-40(50)34-30-26-23-21-12-10-8-6-4-2/h11-13,15-16,21,25-27,30-31,35,40-41,44-50,53-57H,3-10,14,17-20,22-24,28-29,32-34,36-39H2,1-2H3,(H,58,59)/b13-11-,16-15-,21-12-,27-25+,30-26-,35-31-/t40?,41-,44?,45-,46+,47-,48-,49?/m1/s1. The van der Waals surface area contributed by atoms with Crippen LogP contribution in [0.3, 0.4) is 0 Å². The maximum Gasteiger partial charge on any atom is 0.472 e. The van der Waals surface area contributed by atoms with Gasteiger partial charge in [0.15, 0.2) is 6.10 Å². The molecule has 0 radical (unpaired) electrons. The Morgan fingerprint density at radius 3 is 1.62 bits per heavy atom. The van der Waals surface area contributed by atoms with E-state index in [2.05, 4.69) is 50.3 Å². The highest BCUT2D eigenvalue weighted by molar-refractivity contribution is 7.47. The number of aliphatic hydroxyl groups excluding tert-OH is 6. The van der Waals surface area contributed by atoms with Crippen molar-refractivity contribution in [2.24, 2.45) is 0 Å². The molecule has 7 N–H and O–H groups in total. The first-order chi connectivity index (χ1) is 30.8. The molecule has 9 atom stereocenters. The van der Waals surface area contributed by atoms with Crippen molar-refractivity contribution in [1.82, 2.24) is 0 Å². The summed E-state index contributed by atoms with van der Waals surface area (Å²) in [5.41, 5.74) is 0. The highest BCUT2D eigenvalue weighted by atomic mass is 31.2. The average molecular weight is 927 g/mol. The molecule has 0 saturated heterocycles. The van der Waals surface area contributed by atoms with E-state index >= 15 is 0 Å². The van der Waals surface area contributed by atoms with Crippen molar-refractivity contribution >= 4 is 19.8 Å². The molecule has 0 heterocycles. The van der Waals surface area contributed by atoms with Crippen LogP contribution in [0.5, 0.6) is 0 Å². The van der Waals surface area contributed by atoms with Gasteiger partial charge in [-0.05, 0) is 77.0 Å². The van der Waals surface area contributed by atoms with Gasteiger partial charge in [-0.3, -0.25) is 18.6 Å². The summed E-state index contributed by atoms with van der Waals surface area (Å²) < 4.78 is 33.4. The Morgan fingerprint density at radius 2 is 1.05 bits per heavy atom. The molecule has 1 saturated carbocycles. The zero-order chi connectivity index (χ0) is 47.3. The molecular formula is C49H83O14P. The first kappa shape index (κ1) is 59.3. The van der Waals surface area contributed by atoms with Crippen LogP contribution in [0, 0.1) is 0 Å². The van der Waals surface area contributed by atoms with E-state index in [0.717, 1.165) is 70.6 Å². The monoisotopic (exact) mass is 927 g/mol. The third-order valence-electron chi connectivity index (χ3n) is 10.6. The molecule has 0 aromatic rings. The number of hydrogen-bond donors (Lipinski definition) is 7. The fourth-order valence-corrected chi connectivity index (χ4v) is 7.66. The number of allylic oxidation sites excluding steroid dienone is 10. The number of ether oxygens (including phenoxy) is 2. The number of hydrogen-bond acceptors (Lipinski definition) is 13. The fraction of sp³-hybridized carbons (Fsp3) is 0.714. The summed E-state index contributed by atoms with van der Waals surface area (Å²) >= 11 is 0. The Balaban J connectivity index is 2.54. The van der Waals surface area contributed by atoms with Gasteiger partial charge in [0.2, 0.25) is 0 Å². The minimum atomic E-state index is -5.16. The smallest absolute Gasteiger partial charge is 0.462 e. The lowest BCUT2D eigenvalue weighted by molar-refractivity contribution is -0.220. The molecule has 0 spiro atoms. The second-order valence-corrected chi connectivity index (χ2v) is 17.9. The van der Waals surface area contributed by atoms with Gasteiger partial charge in [0, 0.05) is 12.8 Å². The normalized spacial score (nSPS) is 22.7. The van der Waals surface area contributed by atoms with Crippen LogP contribution in [0.1, 0.15) is 162 Å². The fourth-order valence-electron chi connectivity index (χ4n) is 6.68. The number of unbranched alkanes of at least 4 members (excludes halogenated alkanes) is 14. The van der Waals surface area contributed by atoms with Crippen molar-refractivity contribution < 1.29 is 68.2 Å². The summed E-state index contributed by atoms with van der Waals surface area (Å²) in [7, 11) is -5.16. The molecule has 1 rings (SSSR count). The number of phosphoric acid groups is 1. The van der Waals surface area contributed by atoms with Crippen LogP contribution in [0.25, 0.3) is 0 Å². The third-order valence-corrected chi connectivity index (χ3v) is 11.6. The van der Waals surface area contributed by atoms with Crippen LogP contribution in [0.15, 0.2) is 72.9 Å². The van der Waals surface area contributed by atoms with E-state index in [-0.39, 0.29) is 12.8 Å². The molecule has 0 bridgehead atoms. The first-order valence-electron chi connectivity index (χ1n) is 23.8. The lowest BCUT2D eigenvalue weighted by atomic mass is 9.85. The number of carbonyl (C=O) groups excluding carboxylic acids is 2. The molecule has 14 nitrogen and oxygen atoms in total. The number of carbonyl (C=O) groups is 2. The molecule has 0 aromatic heterocycles. The predicted octanol–water partition coefficient (Wildman–Crippen LogP) is 8.47. The predicted molar refractivity (Wildman–Crippen MR) is 250 cm³/mol. The molecule has 0 aromatic carbocycles. The maximum absolute atomic E-state index is 12.8. The summed E-state index contributed by atoms with van der Waals surface area (Å²) in [6.07, 6.45) is 31.1. The van der Waals surface area contributed by atoms with Crippen molar-refractivity contribution in [3.63, 3.8) is 0 Å². The van der Waals surface area contributed by atoms with Gasteiger partial charge in [0.25, 0.3) is 0 Å². The van der Waals surface area contributed by atoms with Gasteiger partial charge in [0.05, 0.1) is 12.7 Å². The van der Waals surface area contributed by atoms with Crippen LogP contribution in [0.4, 0.5) is 0 Å². The Hall–Kier alpha value is -2.75. The largest absolute Gasteiger partial charge is 0.472 e. The molecule has 0 aliphatic heterocycles. The second-order valence-electron chi connectivity index (χ2n) is 16.5. The van der Waals surface area contributed by atoms with Crippen molar-refractivity contribution in [2.75, 3.05) is 13.2 Å². The van der Waals surface area contributed by atoms with Gasteiger partial charge in [-0.25, -0.2) is 4.57 Å². The minimum absolute atomic E-state index is 0.0433. The Kier molecular flexibility index (Phi) is 35.5. The highest BCUT2D eigenvalue weighted by Gasteiger charge is 2.51. The molecule has 0 amide bonds. The van der Waals surface area contributed by atoms with Gasteiger partial charge < -0.3 is 45.0 Å². The zero-order valence-corrected chi connectivity index (χ0v) is 39.6. The van der Waals surface area contributed by atoms with Crippen LogP contribution >= 0.6 is 7.82 Å². The van der Waals surface area contributed by atoms with E-state index < -0.39 is 81.8 Å². The molecule has 1 fully saturated rings. The zero-order valence-electron chi connectivity index (χ0n) is 38.7. The number of phosphoric ester groups is 1. The lowest BCUT2D eigenvalue weighted by Crippen LogP contribution is -2.64. The van der Waals surface area contributed by atoms with Crippen molar-refractivity contribution in [2.45, 2.75) is 210 Å². The topological polar surface area (TPSA) is 230 Å². The van der Waals surface area contributed by atoms with Crippen LogP contribution < -0.4 is 0 Å². The van der Waals surface area contributed by atoms with E-state index in [9.17, 15) is 49.7 Å². The van der Waals surface area contributed by atoms with Gasteiger partial charge in [-0.1, -0.05) is 145 Å². The van der Waals surface area contributed by atoms with E-state index in [4.69, 9.17) is 18.5 Å². The highest BCUT2D eigenvalue weighted by Crippen LogP contribution is 2.47. The van der Waals surface area contributed by atoms with Crippen molar-refractivity contribution in [3.05, 3.63) is 72.9 Å². The number of esters is 2. The summed E-state index contributed by atoms with van der Waals surface area (Å²) in [6.45, 7) is 3.11. The summed E-state index contributed by atoms with van der Waals surface area (Å²) in [5.74, 6) is -1.24. The SMILES string of the molecule is CCCCC/C=C\C/C=C\CCCCCCCCCC(=O)OC[C@H](COP(=O)(O)OC1[C@H](O)[C@H](O)C(O)[C@H](O)[C@H]1O)OC(=O)CCC/C=C/C=C\C(O)C/C=C\C/C=C\CCCCC. The summed E-state index contributed by atoms with van der Waals surface area (Å²) in [4.78, 5) is 35.7. The third kappa shape index (κ3) is 30.5. The van der Waals surface area contributed by atoms with E-state index in [1.807, 2.05) is 18.2 Å². The maximum atomic E-state index is 12.8. The Labute approximate surface area is 383 Å². The van der Waals surface area contributed by atoms with Crippen LogP contribution in [-0.2, 0) is 32.7 Å². The molecule has 1 aliphatic rings. The summed E-state index contributed by atoms with van der Waals surface area (Å²) in [5, 5.41) is 60.3. The van der Waals surface area contributed by atoms with Gasteiger partial charge in [-0.2, -0.15) is 0 Å². The quantitative estimate of drug-likeness (QED) is 0.0101. The Morgan fingerprint density at radius 1 is 0.562 bits per heavy atom. The molecule has 15 heteroatoms. The molecular weight excluding hydrogens is 843 g/mol. The number of rotatable bonds is 38. The van der Waals surface area contributed by atoms with E-state index in [1.54, 1.807) is 18.2 Å². The average Bonchev–Trinajstić information content (AvgIpc) is 3.27. The minimum Gasteiger partial charge on any atom is -0.462 e. The van der Waals surface area contributed by atoms with E-state index in [1.165, 1.54) is 38.5 Å². The van der Waals surface area contributed by atoms with Crippen LogP contribution in [0.2, 0.25) is 0 Å². The summed E-state index contributed by atoms with van der Waals surface area (Å²) in [6, 6.07) is 0. The van der Waals surface area contributed by atoms with Crippen molar-refractivity contribution in [1.29, 1.82) is 0 Å². The van der Waals surface area contributed by atoms with Crippen molar-refractivity contribution in [3.8, 4) is 0 Å². The van der Waals surface area contributed by atoms with Crippen LogP contribution in [-0.4, -0.2) is 110 Å². The second kappa shape index (κ2) is 38.4. The molecule has 4 unspecified atom stereocenters. The van der Waals surface area contributed by atoms with Gasteiger partial charge in [0.1, 0.15) is 43.2 Å². The van der Waals surface area contributed by atoms with Gasteiger partial charge >= 0.3 is 19.8 Å².